The molecule has 7 heteroatoms. The van der Waals surface area contributed by atoms with Crippen molar-refractivity contribution in [1.29, 1.82) is 0 Å². The van der Waals surface area contributed by atoms with Crippen LogP contribution < -0.4 is 16.6 Å². The van der Waals surface area contributed by atoms with Gasteiger partial charge in [0.05, 0.1) is 0 Å². The van der Waals surface area contributed by atoms with Crippen LogP contribution in [0, 0.1) is 5.92 Å². The van der Waals surface area contributed by atoms with Crippen molar-refractivity contribution in [3.63, 3.8) is 0 Å². The van der Waals surface area contributed by atoms with Gasteiger partial charge >= 0.3 is 5.69 Å². The Morgan fingerprint density at radius 2 is 2.13 bits per heavy atom. The van der Waals surface area contributed by atoms with Crippen LogP contribution in [0.15, 0.2) is 9.59 Å². The minimum absolute atomic E-state index is 0.274. The SMILES string of the molecule is CC(C)CNC(=O)c1n[nH]c(=O)[nH]c1=O. The fourth-order valence-electron chi connectivity index (χ4n) is 0.882. The number of amides is 1. The molecule has 0 fully saturated rings. The Kier molecular flexibility index (Phi) is 3.37. The first kappa shape index (κ1) is 11.2. The minimum atomic E-state index is -0.792. The second-order valence-corrected chi connectivity index (χ2v) is 3.46. The summed E-state index contributed by atoms with van der Waals surface area (Å²) in [6, 6.07) is 0. The second-order valence-electron chi connectivity index (χ2n) is 3.46. The standard InChI is InChI=1S/C8H12N4O3/c1-4(2)3-9-6(13)5-7(14)10-8(15)12-11-5/h4H,3H2,1-2H3,(H,9,13)(H2,10,12,14,15). The Bertz CT molecular complexity index is 459. The summed E-state index contributed by atoms with van der Waals surface area (Å²) in [7, 11) is 0. The molecular weight excluding hydrogens is 200 g/mol. The monoisotopic (exact) mass is 212 g/mol. The molecule has 1 rings (SSSR count). The third-order valence-electron chi connectivity index (χ3n) is 1.60. The smallest absolute Gasteiger partial charge is 0.342 e. The summed E-state index contributed by atoms with van der Waals surface area (Å²) in [5.41, 5.74) is -1.87. The number of nitrogens with one attached hydrogen (secondary N) is 3. The first-order chi connectivity index (χ1) is 7.00. The molecule has 15 heavy (non-hydrogen) atoms. The molecular formula is C8H12N4O3. The van der Waals surface area contributed by atoms with Gasteiger partial charge in [-0.1, -0.05) is 13.8 Å². The maximum atomic E-state index is 11.4. The number of nitrogens with zero attached hydrogens (tertiary/aromatic N) is 1. The number of carbonyl (C=O) groups is 1. The first-order valence-corrected chi connectivity index (χ1v) is 4.48. The van der Waals surface area contributed by atoms with Crippen LogP contribution in [0.4, 0.5) is 0 Å². The molecule has 1 heterocycles. The van der Waals surface area contributed by atoms with Gasteiger partial charge in [0, 0.05) is 6.54 Å². The predicted octanol–water partition coefficient (Wildman–Crippen LogP) is -1.16. The van der Waals surface area contributed by atoms with Gasteiger partial charge in [0.25, 0.3) is 11.5 Å². The molecule has 0 unspecified atom stereocenters. The number of hydrogen-bond donors (Lipinski definition) is 3. The number of H-pyrrole nitrogens is 2. The zero-order valence-electron chi connectivity index (χ0n) is 8.46. The summed E-state index contributed by atoms with van der Waals surface area (Å²) in [4.78, 5) is 35.0. The molecule has 0 aliphatic heterocycles. The van der Waals surface area contributed by atoms with Crippen molar-refractivity contribution in [2.24, 2.45) is 5.92 Å². The number of hydrogen-bond acceptors (Lipinski definition) is 4. The Morgan fingerprint density at radius 1 is 1.47 bits per heavy atom. The van der Waals surface area contributed by atoms with Crippen molar-refractivity contribution in [3.05, 3.63) is 26.5 Å². The summed E-state index contributed by atoms with van der Waals surface area (Å²) < 4.78 is 0. The van der Waals surface area contributed by atoms with Gasteiger partial charge < -0.3 is 5.32 Å². The van der Waals surface area contributed by atoms with E-state index in [9.17, 15) is 14.4 Å². The highest BCUT2D eigenvalue weighted by atomic mass is 16.2. The van der Waals surface area contributed by atoms with Crippen LogP contribution in [0.1, 0.15) is 24.3 Å². The molecule has 7 nitrogen and oxygen atoms in total. The molecule has 1 aromatic heterocycles. The van der Waals surface area contributed by atoms with Crippen molar-refractivity contribution in [3.8, 4) is 0 Å². The number of aromatic amines is 2. The van der Waals surface area contributed by atoms with Gasteiger partial charge in [-0.05, 0) is 5.92 Å². The third-order valence-corrected chi connectivity index (χ3v) is 1.60. The molecule has 0 aromatic carbocycles. The number of aromatic nitrogens is 3. The zero-order valence-corrected chi connectivity index (χ0v) is 8.46. The molecule has 0 saturated carbocycles. The van der Waals surface area contributed by atoms with Crippen molar-refractivity contribution >= 4 is 5.91 Å². The fraction of sp³-hybridized carbons (Fsp3) is 0.500. The molecule has 0 aliphatic carbocycles. The summed E-state index contributed by atoms with van der Waals surface area (Å²) in [6.45, 7) is 4.29. The van der Waals surface area contributed by atoms with Gasteiger partial charge in [-0.25, -0.2) is 9.89 Å². The molecule has 0 radical (unpaired) electrons. The maximum absolute atomic E-state index is 11.4. The molecule has 0 spiro atoms. The third kappa shape index (κ3) is 3.04. The van der Waals surface area contributed by atoms with Crippen LogP contribution in [0.2, 0.25) is 0 Å². The van der Waals surface area contributed by atoms with E-state index in [4.69, 9.17) is 0 Å². The molecule has 1 amide bonds. The summed E-state index contributed by atoms with van der Waals surface area (Å²) in [5, 5.41) is 7.86. The van der Waals surface area contributed by atoms with Crippen LogP contribution in [0.5, 0.6) is 0 Å². The van der Waals surface area contributed by atoms with Crippen LogP contribution in [0.3, 0.4) is 0 Å². The Balaban J connectivity index is 2.83. The maximum Gasteiger partial charge on any atom is 0.342 e. The van der Waals surface area contributed by atoms with Crippen LogP contribution in [-0.4, -0.2) is 27.6 Å². The van der Waals surface area contributed by atoms with E-state index in [1.165, 1.54) is 0 Å². The van der Waals surface area contributed by atoms with Gasteiger partial charge in [0.2, 0.25) is 5.69 Å². The van der Waals surface area contributed by atoms with E-state index in [1.54, 1.807) is 0 Å². The van der Waals surface area contributed by atoms with E-state index in [-0.39, 0.29) is 11.6 Å². The minimum Gasteiger partial charge on any atom is -0.350 e. The lowest BCUT2D eigenvalue weighted by molar-refractivity contribution is 0.0941. The van der Waals surface area contributed by atoms with Crippen molar-refractivity contribution < 1.29 is 4.79 Å². The van der Waals surface area contributed by atoms with E-state index in [0.717, 1.165) is 0 Å². The van der Waals surface area contributed by atoms with Crippen LogP contribution in [0.25, 0.3) is 0 Å². The van der Waals surface area contributed by atoms with E-state index >= 15 is 0 Å². The number of carbonyl (C=O) groups excluding carboxylic acids is 1. The molecule has 0 atom stereocenters. The largest absolute Gasteiger partial charge is 0.350 e. The van der Waals surface area contributed by atoms with Gasteiger partial charge in [0.15, 0.2) is 0 Å². The topological polar surface area (TPSA) is 108 Å². The highest BCUT2D eigenvalue weighted by Gasteiger charge is 2.12. The van der Waals surface area contributed by atoms with E-state index in [1.807, 2.05) is 23.9 Å². The van der Waals surface area contributed by atoms with Gasteiger partial charge in [-0.3, -0.25) is 14.6 Å². The molecule has 0 saturated heterocycles. The lowest BCUT2D eigenvalue weighted by atomic mass is 10.2. The van der Waals surface area contributed by atoms with Crippen LogP contribution >= 0.6 is 0 Å². The average molecular weight is 212 g/mol. The van der Waals surface area contributed by atoms with Crippen molar-refractivity contribution in [1.82, 2.24) is 20.5 Å². The molecule has 0 aliphatic rings. The highest BCUT2D eigenvalue weighted by Crippen LogP contribution is 1.88. The van der Waals surface area contributed by atoms with Crippen LogP contribution in [-0.2, 0) is 0 Å². The Labute approximate surface area is 84.9 Å². The number of rotatable bonds is 3. The summed E-state index contributed by atoms with van der Waals surface area (Å²) in [6.07, 6.45) is 0. The predicted molar refractivity (Wildman–Crippen MR) is 52.6 cm³/mol. The van der Waals surface area contributed by atoms with E-state index in [2.05, 4.69) is 10.4 Å². The molecule has 0 bridgehead atoms. The fourth-order valence-corrected chi connectivity index (χ4v) is 0.882. The molecule has 1 aromatic rings. The second kappa shape index (κ2) is 4.54. The highest BCUT2D eigenvalue weighted by molar-refractivity contribution is 5.91. The Hall–Kier alpha value is -1.92. The average Bonchev–Trinajstić information content (AvgIpc) is 2.14. The van der Waals surface area contributed by atoms with E-state index in [0.29, 0.717) is 6.54 Å². The normalized spacial score (nSPS) is 10.3. The van der Waals surface area contributed by atoms with Gasteiger partial charge in [0.1, 0.15) is 0 Å². The van der Waals surface area contributed by atoms with Gasteiger partial charge in [-0.15, -0.1) is 0 Å². The lowest BCUT2D eigenvalue weighted by Gasteiger charge is -2.05. The summed E-state index contributed by atoms with van der Waals surface area (Å²) in [5.74, 6) is -0.322. The van der Waals surface area contributed by atoms with Gasteiger partial charge in [-0.2, -0.15) is 5.10 Å². The first-order valence-electron chi connectivity index (χ1n) is 4.48. The molecule has 82 valence electrons. The molecule has 3 N–H and O–H groups in total. The van der Waals surface area contributed by atoms with Crippen molar-refractivity contribution in [2.75, 3.05) is 6.54 Å². The lowest BCUT2D eigenvalue weighted by Crippen LogP contribution is -2.36. The zero-order chi connectivity index (χ0) is 11.4. The van der Waals surface area contributed by atoms with E-state index < -0.39 is 17.2 Å². The van der Waals surface area contributed by atoms with Crippen molar-refractivity contribution in [2.45, 2.75) is 13.8 Å². The summed E-state index contributed by atoms with van der Waals surface area (Å²) >= 11 is 0. The quantitative estimate of drug-likeness (QED) is 0.587. The Morgan fingerprint density at radius 3 is 2.67 bits per heavy atom.